The number of amides is 6. The molecule has 1 aliphatic heterocycles. The van der Waals surface area contributed by atoms with Crippen LogP contribution in [0.2, 0.25) is 0 Å². The zero-order chi connectivity index (χ0) is 28.1. The van der Waals surface area contributed by atoms with Crippen LogP contribution in [-0.4, -0.2) is 89.2 Å². The van der Waals surface area contributed by atoms with Gasteiger partial charge in [-0.3, -0.25) is 33.7 Å². The third kappa shape index (κ3) is 10.8. The molecule has 0 radical (unpaired) electrons. The summed E-state index contributed by atoms with van der Waals surface area (Å²) in [5.41, 5.74) is 5.39. The Hall–Kier alpha value is -3.81. The molecule has 0 saturated heterocycles. The number of carboxylic acid groups (broad SMARTS) is 1. The number of hydrogen-bond acceptors (Lipinski definition) is 8. The number of rotatable bonds is 16. The fraction of sp³-hybridized carbons (Fsp3) is 0.609. The lowest BCUT2D eigenvalue weighted by atomic mass is 10.0. The van der Waals surface area contributed by atoms with Crippen molar-refractivity contribution in [2.24, 2.45) is 11.7 Å². The van der Waals surface area contributed by atoms with Crippen LogP contribution in [0, 0.1) is 5.92 Å². The minimum Gasteiger partial charge on any atom is -0.480 e. The Labute approximate surface area is 214 Å². The summed E-state index contributed by atoms with van der Waals surface area (Å²) in [7, 11) is 0. The van der Waals surface area contributed by atoms with E-state index in [1.165, 1.54) is 6.92 Å². The Bertz CT molecular complexity index is 901. The van der Waals surface area contributed by atoms with E-state index in [0.717, 1.165) is 17.1 Å². The van der Waals surface area contributed by atoms with Gasteiger partial charge in [0.15, 0.2) is 0 Å². The van der Waals surface area contributed by atoms with E-state index in [-0.39, 0.29) is 25.3 Å². The molecule has 14 heteroatoms. The number of aliphatic carboxylic acids is 1. The summed E-state index contributed by atoms with van der Waals surface area (Å²) in [6.45, 7) is 4.54. The topological polar surface area (TPSA) is 217 Å². The first-order valence-corrected chi connectivity index (χ1v) is 12.0. The molecular weight excluding hydrogens is 488 g/mol. The summed E-state index contributed by atoms with van der Waals surface area (Å²) >= 11 is 0. The molecule has 3 atom stereocenters. The van der Waals surface area contributed by atoms with Gasteiger partial charge < -0.3 is 32.1 Å². The minimum absolute atomic E-state index is 0.0870. The second-order valence-corrected chi connectivity index (χ2v) is 8.90. The first kappa shape index (κ1) is 31.2. The molecule has 14 nitrogen and oxygen atoms in total. The minimum atomic E-state index is -1.16. The second-order valence-electron chi connectivity index (χ2n) is 8.90. The van der Waals surface area contributed by atoms with Crippen molar-refractivity contribution >= 4 is 41.4 Å². The molecule has 1 aliphatic rings. The summed E-state index contributed by atoms with van der Waals surface area (Å²) < 4.78 is 0. The van der Waals surface area contributed by atoms with Crippen LogP contribution in [0.5, 0.6) is 0 Å². The van der Waals surface area contributed by atoms with E-state index < -0.39 is 66.1 Å². The highest BCUT2D eigenvalue weighted by molar-refractivity contribution is 6.14. The number of nitrogens with two attached hydrogens (primary N) is 1. The molecule has 0 fully saturated rings. The number of carbonyl (C=O) groups excluding carboxylic acids is 6. The van der Waals surface area contributed by atoms with Crippen LogP contribution in [0.15, 0.2) is 12.2 Å². The van der Waals surface area contributed by atoms with Gasteiger partial charge in [0.1, 0.15) is 24.7 Å². The first-order valence-electron chi connectivity index (χ1n) is 12.0. The summed E-state index contributed by atoms with van der Waals surface area (Å²) in [4.78, 5) is 84.6. The third-order valence-corrected chi connectivity index (χ3v) is 5.45. The van der Waals surface area contributed by atoms with Crippen molar-refractivity contribution in [1.29, 1.82) is 0 Å². The maximum absolute atomic E-state index is 12.7. The van der Waals surface area contributed by atoms with E-state index in [2.05, 4.69) is 21.3 Å². The molecule has 7 N–H and O–H groups in total. The first-order chi connectivity index (χ1) is 17.4. The van der Waals surface area contributed by atoms with Gasteiger partial charge in [0.2, 0.25) is 23.6 Å². The predicted octanol–water partition coefficient (Wildman–Crippen LogP) is -2.24. The van der Waals surface area contributed by atoms with E-state index in [1.807, 2.05) is 0 Å². The normalized spacial score (nSPS) is 15.2. The van der Waals surface area contributed by atoms with E-state index in [4.69, 9.17) is 5.73 Å². The summed E-state index contributed by atoms with van der Waals surface area (Å²) in [5, 5.41) is 19.0. The van der Waals surface area contributed by atoms with Gasteiger partial charge in [-0.2, -0.15) is 0 Å². The zero-order valence-corrected chi connectivity index (χ0v) is 21.2. The Morgan fingerprint density at radius 2 is 1.54 bits per heavy atom. The molecule has 37 heavy (non-hydrogen) atoms. The molecule has 206 valence electrons. The molecule has 6 amide bonds. The fourth-order valence-corrected chi connectivity index (χ4v) is 3.32. The molecule has 0 aromatic rings. The van der Waals surface area contributed by atoms with Crippen molar-refractivity contribution in [3.8, 4) is 0 Å². The quantitative estimate of drug-likeness (QED) is 0.0948. The van der Waals surface area contributed by atoms with Crippen molar-refractivity contribution in [2.45, 2.75) is 64.6 Å². The number of carbonyl (C=O) groups is 7. The Morgan fingerprint density at radius 1 is 0.919 bits per heavy atom. The largest absolute Gasteiger partial charge is 0.480 e. The van der Waals surface area contributed by atoms with E-state index >= 15 is 0 Å². The molecule has 0 saturated carbocycles. The van der Waals surface area contributed by atoms with Gasteiger partial charge in [-0.25, -0.2) is 4.79 Å². The van der Waals surface area contributed by atoms with Crippen molar-refractivity contribution < 1.29 is 38.7 Å². The maximum atomic E-state index is 12.7. The number of carboxylic acids is 1. The molecule has 0 spiro atoms. The van der Waals surface area contributed by atoms with Crippen molar-refractivity contribution in [3.05, 3.63) is 12.2 Å². The van der Waals surface area contributed by atoms with E-state index in [9.17, 15) is 38.7 Å². The number of imide groups is 1. The summed E-state index contributed by atoms with van der Waals surface area (Å²) in [6, 6.07) is -3.10. The Balaban J connectivity index is 2.50. The average molecular weight is 525 g/mol. The highest BCUT2D eigenvalue weighted by Gasteiger charge is 2.30. The smallest absolute Gasteiger partial charge is 0.326 e. The zero-order valence-electron chi connectivity index (χ0n) is 21.2. The van der Waals surface area contributed by atoms with Crippen LogP contribution in [0.1, 0.15) is 46.5 Å². The monoisotopic (exact) mass is 524 g/mol. The molecule has 0 aromatic carbocycles. The Morgan fingerprint density at radius 3 is 2.08 bits per heavy atom. The SMILES string of the molecule is CC(C)[C@H](NC(=O)CN1C(=O)C=CC1=O)C(=O)N[C@@H](C)C(=O)NCCC(=O)N[C@@H](CCCCN)C(=O)O. The van der Waals surface area contributed by atoms with Crippen LogP contribution < -0.4 is 27.0 Å². The van der Waals surface area contributed by atoms with Gasteiger partial charge in [-0.05, 0) is 38.6 Å². The fourth-order valence-electron chi connectivity index (χ4n) is 3.32. The van der Waals surface area contributed by atoms with Crippen molar-refractivity contribution in [1.82, 2.24) is 26.2 Å². The molecule has 0 aromatic heterocycles. The number of hydrogen-bond donors (Lipinski definition) is 6. The van der Waals surface area contributed by atoms with Gasteiger partial charge in [-0.1, -0.05) is 13.8 Å². The number of nitrogens with one attached hydrogen (secondary N) is 4. The lowest BCUT2D eigenvalue weighted by Gasteiger charge is -2.24. The van der Waals surface area contributed by atoms with Crippen molar-refractivity contribution in [2.75, 3.05) is 19.6 Å². The van der Waals surface area contributed by atoms with Crippen LogP contribution in [0.25, 0.3) is 0 Å². The molecule has 1 heterocycles. The van der Waals surface area contributed by atoms with Crippen LogP contribution in [0.4, 0.5) is 0 Å². The van der Waals surface area contributed by atoms with Gasteiger partial charge in [0.25, 0.3) is 11.8 Å². The average Bonchev–Trinajstić information content (AvgIpc) is 3.13. The molecule has 0 bridgehead atoms. The van der Waals surface area contributed by atoms with E-state index in [1.54, 1.807) is 13.8 Å². The Kier molecular flexibility index (Phi) is 12.9. The van der Waals surface area contributed by atoms with Gasteiger partial charge >= 0.3 is 5.97 Å². The van der Waals surface area contributed by atoms with Gasteiger partial charge in [0, 0.05) is 25.1 Å². The van der Waals surface area contributed by atoms with Crippen LogP contribution in [-0.2, 0) is 33.6 Å². The van der Waals surface area contributed by atoms with Gasteiger partial charge in [-0.15, -0.1) is 0 Å². The molecule has 0 unspecified atom stereocenters. The van der Waals surface area contributed by atoms with Crippen LogP contribution >= 0.6 is 0 Å². The second kappa shape index (κ2) is 15.3. The molecular formula is C23H36N6O8. The lowest BCUT2D eigenvalue weighted by molar-refractivity contribution is -0.142. The summed E-state index contributed by atoms with van der Waals surface area (Å²) in [5.74, 6) is -5.31. The standard InChI is InChI=1S/C23H36N6O8/c1-13(2)20(28-17(31)12-29-18(32)7-8-19(29)33)22(35)26-14(3)21(34)25-11-9-16(30)27-15(23(36)37)6-4-5-10-24/h7-8,13-15,20H,4-6,9-12,24H2,1-3H3,(H,25,34)(H,26,35)(H,27,30)(H,28,31)(H,36,37)/t14-,15-,20-/m0/s1. The molecule has 0 aliphatic carbocycles. The third-order valence-electron chi connectivity index (χ3n) is 5.45. The van der Waals surface area contributed by atoms with Gasteiger partial charge in [0.05, 0.1) is 0 Å². The maximum Gasteiger partial charge on any atom is 0.326 e. The predicted molar refractivity (Wildman–Crippen MR) is 130 cm³/mol. The highest BCUT2D eigenvalue weighted by Crippen LogP contribution is 2.06. The van der Waals surface area contributed by atoms with E-state index in [0.29, 0.717) is 19.4 Å². The number of nitrogens with zero attached hydrogens (tertiary/aromatic N) is 1. The summed E-state index contributed by atoms with van der Waals surface area (Å²) in [6.07, 6.45) is 3.34. The van der Waals surface area contributed by atoms with Crippen LogP contribution in [0.3, 0.4) is 0 Å². The molecule has 1 rings (SSSR count). The number of unbranched alkanes of at least 4 members (excludes halogenated alkanes) is 1. The van der Waals surface area contributed by atoms with Crippen molar-refractivity contribution in [3.63, 3.8) is 0 Å². The highest BCUT2D eigenvalue weighted by atomic mass is 16.4. The lowest BCUT2D eigenvalue weighted by Crippen LogP contribution is -2.56.